The molecule has 0 saturated carbocycles. The lowest BCUT2D eigenvalue weighted by molar-refractivity contribution is 0.0940. The molecule has 6 nitrogen and oxygen atoms in total. The van der Waals surface area contributed by atoms with Crippen LogP contribution in [0.2, 0.25) is 0 Å². The van der Waals surface area contributed by atoms with Gasteiger partial charge >= 0.3 is 0 Å². The second-order valence-electron chi connectivity index (χ2n) is 7.25. The van der Waals surface area contributed by atoms with Gasteiger partial charge in [-0.1, -0.05) is 6.07 Å². The molecular formula is C20H23F2N3O3S. The monoisotopic (exact) mass is 423 g/mol. The Balaban J connectivity index is 1.77. The third-order valence-corrected chi connectivity index (χ3v) is 6.19. The molecule has 156 valence electrons. The van der Waals surface area contributed by atoms with Crippen LogP contribution in [0.3, 0.4) is 0 Å². The van der Waals surface area contributed by atoms with Gasteiger partial charge < -0.3 is 10.2 Å². The molecule has 0 spiro atoms. The van der Waals surface area contributed by atoms with Crippen LogP contribution in [-0.2, 0) is 16.4 Å². The Kier molecular flexibility index (Phi) is 5.90. The Morgan fingerprint density at radius 1 is 1.21 bits per heavy atom. The number of fused-ring (bicyclic) bond motifs is 1. The molecule has 2 aromatic carbocycles. The van der Waals surface area contributed by atoms with Crippen molar-refractivity contribution in [3.8, 4) is 0 Å². The zero-order chi connectivity index (χ0) is 21.3. The van der Waals surface area contributed by atoms with E-state index in [1.54, 1.807) is 37.2 Å². The number of carbonyl (C=O) groups excluding carboxylic acids is 1. The fraction of sp³-hybridized carbons (Fsp3) is 0.350. The van der Waals surface area contributed by atoms with Crippen molar-refractivity contribution in [1.82, 2.24) is 10.2 Å². The van der Waals surface area contributed by atoms with Crippen molar-refractivity contribution < 1.29 is 22.0 Å². The number of nitrogens with one attached hydrogen (secondary N) is 1. The second-order valence-corrected chi connectivity index (χ2v) is 9.16. The summed E-state index contributed by atoms with van der Waals surface area (Å²) in [4.78, 5) is 14.2. The summed E-state index contributed by atoms with van der Waals surface area (Å²) in [5.74, 6) is -1.73. The number of amides is 1. The highest BCUT2D eigenvalue weighted by Gasteiger charge is 2.27. The number of carbonyl (C=O) groups is 1. The summed E-state index contributed by atoms with van der Waals surface area (Å²) >= 11 is 0. The van der Waals surface area contributed by atoms with Gasteiger partial charge in [0.2, 0.25) is 10.0 Å². The first-order valence-electron chi connectivity index (χ1n) is 9.08. The molecule has 29 heavy (non-hydrogen) atoms. The van der Waals surface area contributed by atoms with Crippen LogP contribution in [-0.4, -0.2) is 52.7 Å². The van der Waals surface area contributed by atoms with Crippen LogP contribution in [0.25, 0.3) is 0 Å². The van der Waals surface area contributed by atoms with Crippen molar-refractivity contribution in [2.24, 2.45) is 0 Å². The maximum absolute atomic E-state index is 14.2. The van der Waals surface area contributed by atoms with Gasteiger partial charge in [0.1, 0.15) is 11.6 Å². The van der Waals surface area contributed by atoms with E-state index in [9.17, 15) is 22.0 Å². The van der Waals surface area contributed by atoms with Gasteiger partial charge in [-0.25, -0.2) is 17.2 Å². The van der Waals surface area contributed by atoms with Gasteiger partial charge in [-0.2, -0.15) is 0 Å². The number of hydrogen-bond acceptors (Lipinski definition) is 4. The van der Waals surface area contributed by atoms with Gasteiger partial charge in [0, 0.05) is 24.2 Å². The predicted octanol–water partition coefficient (Wildman–Crippen LogP) is 2.32. The summed E-state index contributed by atoms with van der Waals surface area (Å²) in [6.07, 6.45) is 1.66. The van der Waals surface area contributed by atoms with E-state index < -0.39 is 33.6 Å². The average Bonchev–Trinajstić information content (AvgIpc) is 3.07. The SMILES string of the molecule is CN(C)C(CNC(=O)c1ccc2c(c1)CCN2S(C)(=O)=O)c1c(F)cccc1F. The summed E-state index contributed by atoms with van der Waals surface area (Å²) in [7, 11) is -0.00572. The van der Waals surface area contributed by atoms with E-state index in [4.69, 9.17) is 0 Å². The molecule has 0 aliphatic carbocycles. The van der Waals surface area contributed by atoms with E-state index in [0.717, 1.165) is 11.8 Å². The molecule has 9 heteroatoms. The van der Waals surface area contributed by atoms with E-state index in [2.05, 4.69) is 5.32 Å². The maximum atomic E-state index is 14.2. The molecular weight excluding hydrogens is 400 g/mol. The molecule has 0 aromatic heterocycles. The topological polar surface area (TPSA) is 69.7 Å². The Bertz CT molecular complexity index is 1020. The van der Waals surface area contributed by atoms with Crippen molar-refractivity contribution in [2.75, 3.05) is 37.7 Å². The molecule has 1 aliphatic heterocycles. The zero-order valence-electron chi connectivity index (χ0n) is 16.4. The minimum absolute atomic E-state index is 0.0102. The fourth-order valence-electron chi connectivity index (χ4n) is 3.52. The third kappa shape index (κ3) is 4.40. The zero-order valence-corrected chi connectivity index (χ0v) is 17.3. The smallest absolute Gasteiger partial charge is 0.251 e. The van der Waals surface area contributed by atoms with Crippen LogP contribution < -0.4 is 9.62 Å². The molecule has 1 N–H and O–H groups in total. The number of halogens is 2. The highest BCUT2D eigenvalue weighted by molar-refractivity contribution is 7.92. The highest BCUT2D eigenvalue weighted by atomic mass is 32.2. The summed E-state index contributed by atoms with van der Waals surface area (Å²) in [5, 5.41) is 2.72. The molecule has 1 unspecified atom stereocenters. The lowest BCUT2D eigenvalue weighted by Crippen LogP contribution is -2.35. The fourth-order valence-corrected chi connectivity index (χ4v) is 4.48. The minimum atomic E-state index is -3.36. The first-order valence-corrected chi connectivity index (χ1v) is 10.9. The number of hydrogen-bond donors (Lipinski definition) is 1. The number of benzene rings is 2. The Labute approximate surface area is 169 Å². The van der Waals surface area contributed by atoms with Gasteiger partial charge in [0.25, 0.3) is 5.91 Å². The lowest BCUT2D eigenvalue weighted by Gasteiger charge is -2.26. The Morgan fingerprint density at radius 3 is 2.45 bits per heavy atom. The van der Waals surface area contributed by atoms with Gasteiger partial charge in [-0.3, -0.25) is 9.10 Å². The van der Waals surface area contributed by atoms with Gasteiger partial charge in [-0.05, 0) is 56.4 Å². The van der Waals surface area contributed by atoms with E-state index in [0.29, 0.717) is 24.2 Å². The average molecular weight is 423 g/mol. The molecule has 0 saturated heterocycles. The summed E-state index contributed by atoms with van der Waals surface area (Å²) < 4.78 is 53.3. The van der Waals surface area contributed by atoms with Crippen LogP contribution in [0.1, 0.15) is 27.5 Å². The molecule has 3 rings (SSSR count). The molecule has 1 atom stereocenters. The van der Waals surface area contributed by atoms with Crippen molar-refractivity contribution in [3.63, 3.8) is 0 Å². The van der Waals surface area contributed by atoms with E-state index >= 15 is 0 Å². The van der Waals surface area contributed by atoms with Crippen molar-refractivity contribution >= 4 is 21.6 Å². The van der Waals surface area contributed by atoms with Crippen LogP contribution in [0, 0.1) is 11.6 Å². The van der Waals surface area contributed by atoms with E-state index in [-0.39, 0.29) is 12.1 Å². The summed E-state index contributed by atoms with van der Waals surface area (Å²) in [6, 6.07) is 7.80. The van der Waals surface area contributed by atoms with Crippen LogP contribution >= 0.6 is 0 Å². The van der Waals surface area contributed by atoms with Crippen molar-refractivity contribution in [1.29, 1.82) is 0 Å². The molecule has 2 aromatic rings. The predicted molar refractivity (Wildman–Crippen MR) is 107 cm³/mol. The molecule has 1 aliphatic rings. The molecule has 0 bridgehead atoms. The van der Waals surface area contributed by atoms with Crippen molar-refractivity contribution in [2.45, 2.75) is 12.5 Å². The lowest BCUT2D eigenvalue weighted by atomic mass is 10.0. The Hall–Kier alpha value is -2.52. The van der Waals surface area contributed by atoms with Crippen LogP contribution in [0.4, 0.5) is 14.5 Å². The number of nitrogens with zero attached hydrogens (tertiary/aromatic N) is 2. The maximum Gasteiger partial charge on any atom is 0.251 e. The summed E-state index contributed by atoms with van der Waals surface area (Å²) in [6.45, 7) is 0.352. The third-order valence-electron chi connectivity index (χ3n) is 5.01. The largest absolute Gasteiger partial charge is 0.350 e. The molecule has 1 amide bonds. The van der Waals surface area contributed by atoms with Gasteiger partial charge in [0.05, 0.1) is 18.0 Å². The first kappa shape index (κ1) is 21.2. The molecule has 0 radical (unpaired) electrons. The number of likely N-dealkylation sites (N-methyl/N-ethyl adjacent to an activating group) is 1. The quantitative estimate of drug-likeness (QED) is 0.774. The van der Waals surface area contributed by atoms with Crippen LogP contribution in [0.5, 0.6) is 0 Å². The number of rotatable bonds is 6. The van der Waals surface area contributed by atoms with E-state index in [1.165, 1.54) is 22.5 Å². The van der Waals surface area contributed by atoms with Crippen LogP contribution in [0.15, 0.2) is 36.4 Å². The minimum Gasteiger partial charge on any atom is -0.350 e. The van der Waals surface area contributed by atoms with E-state index in [1.807, 2.05) is 0 Å². The van der Waals surface area contributed by atoms with Gasteiger partial charge in [-0.15, -0.1) is 0 Å². The van der Waals surface area contributed by atoms with Crippen molar-refractivity contribution in [3.05, 3.63) is 64.7 Å². The van der Waals surface area contributed by atoms with Gasteiger partial charge in [0.15, 0.2) is 0 Å². The molecule has 1 heterocycles. The number of sulfonamides is 1. The second kappa shape index (κ2) is 8.08. The highest BCUT2D eigenvalue weighted by Crippen LogP contribution is 2.31. The Morgan fingerprint density at radius 2 is 1.86 bits per heavy atom. The first-order chi connectivity index (χ1) is 13.6. The molecule has 0 fully saturated rings. The normalized spacial score (nSPS) is 14.8. The number of anilines is 1. The standard InChI is InChI=1S/C20H23F2N3O3S/c1-24(2)18(19-15(21)5-4-6-16(19)22)12-23-20(26)14-7-8-17-13(11-14)9-10-25(17)29(3,27)28/h4-8,11,18H,9-10,12H2,1-3H3,(H,23,26). The summed E-state index contributed by atoms with van der Waals surface area (Å²) in [5.41, 5.74) is 1.61.